The zero-order valence-electron chi connectivity index (χ0n) is 14.9. The van der Waals surface area contributed by atoms with Crippen LogP contribution in [0.5, 0.6) is 5.75 Å². The summed E-state index contributed by atoms with van der Waals surface area (Å²) in [6, 6.07) is 12.6. The average Bonchev–Trinajstić information content (AvgIpc) is 2.70. The van der Waals surface area contributed by atoms with Crippen molar-refractivity contribution in [3.8, 4) is 5.75 Å². The van der Waals surface area contributed by atoms with Crippen LogP contribution in [0.4, 0.5) is 14.5 Å². The Kier molecular flexibility index (Phi) is 6.25. The zero-order valence-corrected chi connectivity index (χ0v) is 15.7. The Hall–Kier alpha value is -2.52. The molecule has 28 heavy (non-hydrogen) atoms. The molecule has 1 aliphatic rings. The summed E-state index contributed by atoms with van der Waals surface area (Å²) in [6.45, 7) is -2.67. The van der Waals surface area contributed by atoms with Crippen molar-refractivity contribution in [2.24, 2.45) is 0 Å². The quantitative estimate of drug-likeness (QED) is 0.791. The highest BCUT2D eigenvalue weighted by Gasteiger charge is 2.37. The average molecular weight is 410 g/mol. The van der Waals surface area contributed by atoms with Crippen molar-refractivity contribution in [1.29, 1.82) is 0 Å². The molecular formula is C19H20F2N2O4S. The fraction of sp³-hybridized carbons (Fsp3) is 0.316. The maximum absolute atomic E-state index is 13.0. The second-order valence-corrected chi connectivity index (χ2v) is 8.22. The van der Waals surface area contributed by atoms with E-state index in [-0.39, 0.29) is 17.2 Å². The summed E-state index contributed by atoms with van der Waals surface area (Å²) in [6.07, 6.45) is 1.82. The summed E-state index contributed by atoms with van der Waals surface area (Å²) in [7, 11) is -3.80. The van der Waals surface area contributed by atoms with Gasteiger partial charge in [0.05, 0.1) is 4.90 Å². The fourth-order valence-electron chi connectivity index (χ4n) is 3.13. The number of halogens is 2. The number of hydrogen-bond acceptors (Lipinski definition) is 4. The lowest BCUT2D eigenvalue weighted by Gasteiger charge is -2.33. The molecular weight excluding hydrogens is 390 g/mol. The number of hydrogen-bond donors (Lipinski definition) is 1. The zero-order chi connectivity index (χ0) is 20.1. The van der Waals surface area contributed by atoms with Gasteiger partial charge in [-0.3, -0.25) is 4.79 Å². The van der Waals surface area contributed by atoms with Crippen molar-refractivity contribution in [3.63, 3.8) is 0 Å². The van der Waals surface area contributed by atoms with Crippen LogP contribution in [0.1, 0.15) is 19.3 Å². The predicted molar refractivity (Wildman–Crippen MR) is 99.7 cm³/mol. The topological polar surface area (TPSA) is 75.7 Å². The Morgan fingerprint density at radius 3 is 2.39 bits per heavy atom. The van der Waals surface area contributed by atoms with Gasteiger partial charge >= 0.3 is 6.61 Å². The predicted octanol–water partition coefficient (Wildman–Crippen LogP) is 3.47. The Labute approximate surface area is 162 Å². The van der Waals surface area contributed by atoms with Crippen LogP contribution in [0.15, 0.2) is 59.5 Å². The minimum atomic E-state index is -3.80. The van der Waals surface area contributed by atoms with Crippen molar-refractivity contribution < 1.29 is 26.7 Å². The highest BCUT2D eigenvalue weighted by molar-refractivity contribution is 7.89. The smallest absolute Gasteiger partial charge is 0.387 e. The molecule has 6 nitrogen and oxygen atoms in total. The standard InChI is InChI=1S/C19H20F2N2O4S/c20-19(21)27-15-11-9-14(10-12-15)22-18(24)17-8-4-5-13-23(17)28(25,26)16-6-2-1-3-7-16/h1-3,6-7,9-12,17,19H,4-5,8,13H2,(H,22,24)/t17-/m1/s1. The van der Waals surface area contributed by atoms with Crippen molar-refractivity contribution in [3.05, 3.63) is 54.6 Å². The van der Waals surface area contributed by atoms with Gasteiger partial charge in [-0.15, -0.1) is 0 Å². The molecule has 2 aromatic carbocycles. The van der Waals surface area contributed by atoms with Gasteiger partial charge < -0.3 is 10.1 Å². The number of piperidine rings is 1. The number of nitrogens with zero attached hydrogens (tertiary/aromatic N) is 1. The number of sulfonamides is 1. The van der Waals surface area contributed by atoms with Gasteiger partial charge in [0.1, 0.15) is 11.8 Å². The highest BCUT2D eigenvalue weighted by Crippen LogP contribution is 2.26. The van der Waals surface area contributed by atoms with E-state index in [1.54, 1.807) is 18.2 Å². The largest absolute Gasteiger partial charge is 0.435 e. The normalized spacial score (nSPS) is 18.0. The Bertz CT molecular complexity index is 905. The molecule has 2 aromatic rings. The molecule has 1 fully saturated rings. The summed E-state index contributed by atoms with van der Waals surface area (Å²) in [5, 5.41) is 2.66. The van der Waals surface area contributed by atoms with Crippen LogP contribution in [0, 0.1) is 0 Å². The van der Waals surface area contributed by atoms with Crippen LogP contribution >= 0.6 is 0 Å². The summed E-state index contributed by atoms with van der Waals surface area (Å²) < 4.78 is 55.8. The first-order chi connectivity index (χ1) is 13.4. The van der Waals surface area contributed by atoms with Crippen LogP contribution in [-0.4, -0.2) is 37.8 Å². The molecule has 1 aliphatic heterocycles. The third-order valence-corrected chi connectivity index (χ3v) is 6.38. The second kappa shape index (κ2) is 8.66. The van der Waals surface area contributed by atoms with Crippen LogP contribution in [-0.2, 0) is 14.8 Å². The monoisotopic (exact) mass is 410 g/mol. The van der Waals surface area contributed by atoms with E-state index in [2.05, 4.69) is 10.1 Å². The molecule has 1 heterocycles. The first kappa shape index (κ1) is 20.2. The number of ether oxygens (including phenoxy) is 1. The minimum absolute atomic E-state index is 0.0288. The molecule has 1 N–H and O–H groups in total. The minimum Gasteiger partial charge on any atom is -0.435 e. The van der Waals surface area contributed by atoms with Gasteiger partial charge in [-0.2, -0.15) is 13.1 Å². The molecule has 0 aromatic heterocycles. The van der Waals surface area contributed by atoms with Crippen LogP contribution in [0.2, 0.25) is 0 Å². The molecule has 3 rings (SSSR count). The van der Waals surface area contributed by atoms with Crippen molar-refractivity contribution in [1.82, 2.24) is 4.31 Å². The number of carbonyl (C=O) groups excluding carboxylic acids is 1. The van der Waals surface area contributed by atoms with Gasteiger partial charge in [0.15, 0.2) is 0 Å². The molecule has 1 saturated heterocycles. The van der Waals surface area contributed by atoms with Gasteiger partial charge in [0.2, 0.25) is 15.9 Å². The van der Waals surface area contributed by atoms with E-state index in [1.165, 1.54) is 40.7 Å². The maximum atomic E-state index is 13.0. The molecule has 0 radical (unpaired) electrons. The molecule has 150 valence electrons. The van der Waals surface area contributed by atoms with E-state index in [1.807, 2.05) is 0 Å². The lowest BCUT2D eigenvalue weighted by atomic mass is 10.0. The third kappa shape index (κ3) is 4.66. The highest BCUT2D eigenvalue weighted by atomic mass is 32.2. The summed E-state index contributed by atoms with van der Waals surface area (Å²) in [4.78, 5) is 12.9. The van der Waals surface area contributed by atoms with Gasteiger partial charge in [0, 0.05) is 12.2 Å². The molecule has 1 atom stereocenters. The van der Waals surface area contributed by atoms with Gasteiger partial charge in [-0.05, 0) is 49.2 Å². The van der Waals surface area contributed by atoms with Crippen molar-refractivity contribution in [2.75, 3.05) is 11.9 Å². The number of anilines is 1. The van der Waals surface area contributed by atoms with Crippen LogP contribution in [0.3, 0.4) is 0 Å². The van der Waals surface area contributed by atoms with Gasteiger partial charge in [-0.25, -0.2) is 8.42 Å². The lowest BCUT2D eigenvalue weighted by molar-refractivity contribution is -0.120. The number of amides is 1. The summed E-state index contributed by atoms with van der Waals surface area (Å²) in [5.74, 6) is -0.485. The Balaban J connectivity index is 1.75. The number of nitrogens with one attached hydrogen (secondary N) is 1. The van der Waals surface area contributed by atoms with Gasteiger partial charge in [0.25, 0.3) is 0 Å². The van der Waals surface area contributed by atoms with E-state index < -0.39 is 28.6 Å². The molecule has 0 bridgehead atoms. The number of benzene rings is 2. The van der Waals surface area contributed by atoms with E-state index in [0.29, 0.717) is 18.5 Å². The van der Waals surface area contributed by atoms with Crippen LogP contribution < -0.4 is 10.1 Å². The second-order valence-electron chi connectivity index (χ2n) is 6.33. The number of rotatable bonds is 6. The van der Waals surface area contributed by atoms with E-state index >= 15 is 0 Å². The SMILES string of the molecule is O=C(Nc1ccc(OC(F)F)cc1)[C@H]1CCCCN1S(=O)(=O)c1ccccc1. The molecule has 0 spiro atoms. The first-order valence-electron chi connectivity index (χ1n) is 8.80. The lowest BCUT2D eigenvalue weighted by Crippen LogP contribution is -2.49. The fourth-order valence-corrected chi connectivity index (χ4v) is 4.81. The number of alkyl halides is 2. The molecule has 0 aliphatic carbocycles. The van der Waals surface area contributed by atoms with E-state index in [0.717, 1.165) is 6.42 Å². The molecule has 0 unspecified atom stereocenters. The van der Waals surface area contributed by atoms with Gasteiger partial charge in [-0.1, -0.05) is 24.6 Å². The summed E-state index contributed by atoms with van der Waals surface area (Å²) >= 11 is 0. The molecule has 9 heteroatoms. The maximum Gasteiger partial charge on any atom is 0.387 e. The molecule has 1 amide bonds. The Morgan fingerprint density at radius 1 is 1.07 bits per heavy atom. The Morgan fingerprint density at radius 2 is 1.75 bits per heavy atom. The third-order valence-electron chi connectivity index (χ3n) is 4.45. The van der Waals surface area contributed by atoms with Crippen molar-refractivity contribution >= 4 is 21.6 Å². The first-order valence-corrected chi connectivity index (χ1v) is 10.2. The van der Waals surface area contributed by atoms with E-state index in [4.69, 9.17) is 0 Å². The van der Waals surface area contributed by atoms with Crippen molar-refractivity contribution in [2.45, 2.75) is 36.8 Å². The summed E-state index contributed by atoms with van der Waals surface area (Å²) in [5.41, 5.74) is 0.370. The molecule has 0 saturated carbocycles. The number of carbonyl (C=O) groups is 1. The van der Waals surface area contributed by atoms with E-state index in [9.17, 15) is 22.0 Å². The van der Waals surface area contributed by atoms with Crippen LogP contribution in [0.25, 0.3) is 0 Å².